The number of rotatable bonds is 0. The zero-order valence-corrected chi connectivity index (χ0v) is 6.99. The predicted molar refractivity (Wildman–Crippen MR) is 42.3 cm³/mol. The molecule has 0 bridgehead atoms. The van der Waals surface area contributed by atoms with E-state index in [-0.39, 0.29) is 5.92 Å². The molecular formula is C8H10N4. The van der Waals surface area contributed by atoms with Gasteiger partial charge in [0.2, 0.25) is 0 Å². The van der Waals surface area contributed by atoms with Crippen molar-refractivity contribution in [3.8, 4) is 6.07 Å². The van der Waals surface area contributed by atoms with Crippen molar-refractivity contribution in [1.29, 1.82) is 5.26 Å². The number of hydrogen-bond donors (Lipinski definition) is 0. The Hall–Kier alpha value is -1.37. The fourth-order valence-electron chi connectivity index (χ4n) is 1.65. The highest BCUT2D eigenvalue weighted by Crippen LogP contribution is 2.27. The summed E-state index contributed by atoms with van der Waals surface area (Å²) >= 11 is 0. The molecule has 4 heteroatoms. The van der Waals surface area contributed by atoms with Crippen molar-refractivity contribution in [3.05, 3.63) is 11.4 Å². The molecule has 1 aliphatic rings. The summed E-state index contributed by atoms with van der Waals surface area (Å²) in [5.74, 6) is -0.0255. The third kappa shape index (κ3) is 0.981. The molecule has 2 rings (SSSR count). The molecule has 0 radical (unpaired) electrons. The summed E-state index contributed by atoms with van der Waals surface area (Å²) in [7, 11) is 1.80. The zero-order valence-electron chi connectivity index (χ0n) is 6.99. The Morgan fingerprint density at radius 3 is 3.17 bits per heavy atom. The first-order valence-corrected chi connectivity index (χ1v) is 4.11. The fraction of sp³-hybridized carbons (Fsp3) is 0.625. The quantitative estimate of drug-likeness (QED) is 0.566. The molecule has 4 nitrogen and oxygen atoms in total. The highest BCUT2D eigenvalue weighted by atomic mass is 15.5. The average Bonchev–Trinajstić information content (AvgIpc) is 2.44. The minimum Gasteiger partial charge on any atom is -0.198 e. The lowest BCUT2D eigenvalue weighted by Crippen LogP contribution is -2.07. The van der Waals surface area contributed by atoms with Crippen LogP contribution in [0.15, 0.2) is 0 Å². The van der Waals surface area contributed by atoms with Crippen LogP contribution in [0.1, 0.15) is 30.1 Å². The van der Waals surface area contributed by atoms with E-state index in [0.717, 1.165) is 30.7 Å². The van der Waals surface area contributed by atoms with E-state index < -0.39 is 0 Å². The van der Waals surface area contributed by atoms with Crippen LogP contribution in [0.4, 0.5) is 0 Å². The third-order valence-corrected chi connectivity index (χ3v) is 2.21. The van der Waals surface area contributed by atoms with Gasteiger partial charge in [0, 0.05) is 7.05 Å². The molecule has 0 spiro atoms. The molecule has 0 fully saturated rings. The Balaban J connectivity index is 2.45. The van der Waals surface area contributed by atoms with Gasteiger partial charge in [0.05, 0.1) is 17.7 Å². The van der Waals surface area contributed by atoms with Crippen LogP contribution in [0, 0.1) is 11.3 Å². The molecule has 0 aliphatic heterocycles. The lowest BCUT2D eigenvalue weighted by atomic mass is 9.91. The van der Waals surface area contributed by atoms with Crippen molar-refractivity contribution in [1.82, 2.24) is 15.0 Å². The van der Waals surface area contributed by atoms with E-state index >= 15 is 0 Å². The maximum absolute atomic E-state index is 8.82. The molecule has 62 valence electrons. The highest BCUT2D eigenvalue weighted by molar-refractivity contribution is 5.23. The van der Waals surface area contributed by atoms with Crippen LogP contribution in [-0.2, 0) is 13.5 Å². The summed E-state index contributed by atoms with van der Waals surface area (Å²) in [6.07, 6.45) is 2.97. The average molecular weight is 162 g/mol. The lowest BCUT2D eigenvalue weighted by Gasteiger charge is -2.11. The second kappa shape index (κ2) is 2.59. The van der Waals surface area contributed by atoms with Gasteiger partial charge in [0.15, 0.2) is 0 Å². The maximum atomic E-state index is 8.82. The molecule has 12 heavy (non-hydrogen) atoms. The van der Waals surface area contributed by atoms with Gasteiger partial charge in [0.1, 0.15) is 5.69 Å². The summed E-state index contributed by atoms with van der Waals surface area (Å²) < 4.78 is 0. The van der Waals surface area contributed by atoms with Crippen LogP contribution >= 0.6 is 0 Å². The summed E-state index contributed by atoms with van der Waals surface area (Å²) in [5.41, 5.74) is 1.90. The van der Waals surface area contributed by atoms with E-state index in [1.54, 1.807) is 11.8 Å². The van der Waals surface area contributed by atoms with Gasteiger partial charge in [-0.25, -0.2) is 0 Å². The smallest absolute Gasteiger partial charge is 0.103 e. The third-order valence-electron chi connectivity index (χ3n) is 2.21. The first kappa shape index (κ1) is 7.29. The predicted octanol–water partition coefficient (Wildman–Crippen LogP) is 0.759. The number of nitrogens with zero attached hydrogens (tertiary/aromatic N) is 4. The van der Waals surface area contributed by atoms with E-state index in [1.165, 1.54) is 0 Å². The van der Waals surface area contributed by atoms with Gasteiger partial charge >= 0.3 is 0 Å². The van der Waals surface area contributed by atoms with Crippen LogP contribution in [0.3, 0.4) is 0 Å². The maximum Gasteiger partial charge on any atom is 0.103 e. The molecule has 1 atom stereocenters. The molecule has 0 N–H and O–H groups in total. The van der Waals surface area contributed by atoms with Crippen LogP contribution < -0.4 is 0 Å². The van der Waals surface area contributed by atoms with E-state index in [0.29, 0.717) is 0 Å². The SMILES string of the molecule is Cn1nc2c(n1)C(C#N)CCC2. The van der Waals surface area contributed by atoms with Crippen LogP contribution in [0.5, 0.6) is 0 Å². The molecule has 1 aliphatic carbocycles. The van der Waals surface area contributed by atoms with Crippen molar-refractivity contribution < 1.29 is 0 Å². The van der Waals surface area contributed by atoms with Crippen molar-refractivity contribution in [3.63, 3.8) is 0 Å². The van der Waals surface area contributed by atoms with Gasteiger partial charge in [-0.15, -0.1) is 0 Å². The van der Waals surface area contributed by atoms with E-state index in [2.05, 4.69) is 16.3 Å². The topological polar surface area (TPSA) is 54.5 Å². The number of nitriles is 1. The van der Waals surface area contributed by atoms with Gasteiger partial charge in [0.25, 0.3) is 0 Å². The Morgan fingerprint density at radius 1 is 1.58 bits per heavy atom. The second-order valence-electron chi connectivity index (χ2n) is 3.10. The summed E-state index contributed by atoms with van der Waals surface area (Å²) in [5, 5.41) is 17.2. The van der Waals surface area contributed by atoms with Gasteiger partial charge in [-0.3, -0.25) is 0 Å². The van der Waals surface area contributed by atoms with Gasteiger partial charge in [-0.2, -0.15) is 20.3 Å². The number of fused-ring (bicyclic) bond motifs is 1. The second-order valence-corrected chi connectivity index (χ2v) is 3.10. The first-order chi connectivity index (χ1) is 5.81. The van der Waals surface area contributed by atoms with Crippen molar-refractivity contribution in [2.75, 3.05) is 0 Å². The monoisotopic (exact) mass is 162 g/mol. The molecular weight excluding hydrogens is 152 g/mol. The highest BCUT2D eigenvalue weighted by Gasteiger charge is 2.24. The molecule has 0 aromatic carbocycles. The Kier molecular flexibility index (Phi) is 1.58. The first-order valence-electron chi connectivity index (χ1n) is 4.11. The van der Waals surface area contributed by atoms with Crippen molar-refractivity contribution in [2.24, 2.45) is 7.05 Å². The van der Waals surface area contributed by atoms with E-state index in [1.807, 2.05) is 0 Å². The minimum absolute atomic E-state index is 0.0255. The molecule has 1 aromatic heterocycles. The molecule has 0 saturated heterocycles. The standard InChI is InChI=1S/C8H10N4/c1-12-10-7-4-2-3-6(5-9)8(7)11-12/h6H,2-4H2,1H3. The molecule has 1 unspecified atom stereocenters. The summed E-state index contributed by atoms with van der Waals surface area (Å²) in [4.78, 5) is 1.56. The summed E-state index contributed by atoms with van der Waals surface area (Å²) in [6.45, 7) is 0. The van der Waals surface area contributed by atoms with Gasteiger partial charge < -0.3 is 0 Å². The van der Waals surface area contributed by atoms with Crippen molar-refractivity contribution in [2.45, 2.75) is 25.2 Å². The Bertz CT molecular complexity index is 333. The Labute approximate surface area is 70.8 Å². The summed E-state index contributed by atoms with van der Waals surface area (Å²) in [6, 6.07) is 2.26. The minimum atomic E-state index is -0.0255. The van der Waals surface area contributed by atoms with Crippen LogP contribution in [-0.4, -0.2) is 15.0 Å². The van der Waals surface area contributed by atoms with E-state index in [4.69, 9.17) is 5.26 Å². The van der Waals surface area contributed by atoms with Gasteiger partial charge in [-0.05, 0) is 19.3 Å². The molecule has 1 heterocycles. The Morgan fingerprint density at radius 2 is 2.42 bits per heavy atom. The van der Waals surface area contributed by atoms with Crippen LogP contribution in [0.2, 0.25) is 0 Å². The van der Waals surface area contributed by atoms with Crippen molar-refractivity contribution >= 4 is 0 Å². The fourth-order valence-corrected chi connectivity index (χ4v) is 1.65. The normalized spacial score (nSPS) is 21.5. The molecule has 0 amide bonds. The number of hydrogen-bond acceptors (Lipinski definition) is 3. The molecule has 0 saturated carbocycles. The van der Waals surface area contributed by atoms with Crippen LogP contribution in [0.25, 0.3) is 0 Å². The number of aryl methyl sites for hydroxylation is 2. The zero-order chi connectivity index (χ0) is 8.55. The van der Waals surface area contributed by atoms with Gasteiger partial charge in [-0.1, -0.05) is 0 Å². The molecule has 1 aromatic rings. The van der Waals surface area contributed by atoms with E-state index in [9.17, 15) is 0 Å². The largest absolute Gasteiger partial charge is 0.198 e. The number of aromatic nitrogens is 3. The lowest BCUT2D eigenvalue weighted by molar-refractivity contribution is 0.617.